The van der Waals surface area contributed by atoms with E-state index < -0.39 is 0 Å². The molecule has 0 aliphatic rings. The number of amides is 1. The topological polar surface area (TPSA) is 139 Å². The van der Waals surface area contributed by atoms with Crippen molar-refractivity contribution >= 4 is 11.7 Å². The highest BCUT2D eigenvalue weighted by atomic mass is 19.1. The first kappa shape index (κ1) is 26.4. The van der Waals surface area contributed by atoms with Crippen LogP contribution in [0.4, 0.5) is 4.39 Å². The molecule has 0 radical (unpaired) electrons. The van der Waals surface area contributed by atoms with Crippen LogP contribution in [0, 0.1) is 12.7 Å². The van der Waals surface area contributed by atoms with Crippen molar-refractivity contribution < 1.29 is 18.7 Å². The minimum atomic E-state index is -0.366. The highest BCUT2D eigenvalue weighted by Gasteiger charge is 2.12. The van der Waals surface area contributed by atoms with Crippen LogP contribution < -0.4 is 10.1 Å². The summed E-state index contributed by atoms with van der Waals surface area (Å²) in [5.41, 5.74) is 3.87. The van der Waals surface area contributed by atoms with Crippen LogP contribution in [0.25, 0.3) is 11.4 Å². The number of ether oxygens (including phenoxy) is 1. The van der Waals surface area contributed by atoms with Crippen molar-refractivity contribution in [1.82, 2.24) is 35.9 Å². The van der Waals surface area contributed by atoms with Gasteiger partial charge in [-0.05, 0) is 48.4 Å². The molecular formula is C29H26FN7O3. The Hall–Kier alpha value is -5.19. The summed E-state index contributed by atoms with van der Waals surface area (Å²) in [4.78, 5) is 32.4. The zero-order valence-corrected chi connectivity index (χ0v) is 21.6. The maximum absolute atomic E-state index is 14.0. The number of ketones is 1. The smallest absolute Gasteiger partial charge is 0.252 e. The zero-order valence-electron chi connectivity index (χ0n) is 21.6. The first-order valence-electron chi connectivity index (χ1n) is 12.6. The number of Topliss-reactive ketones (excluding diaryl/α,β-unsaturated/α-hetero) is 1. The Morgan fingerprint density at radius 1 is 1.00 bits per heavy atom. The lowest BCUT2D eigenvalue weighted by molar-refractivity contribution is -0.117. The Bertz CT molecular complexity index is 1620. The number of H-pyrrole nitrogens is 2. The van der Waals surface area contributed by atoms with Gasteiger partial charge in [-0.1, -0.05) is 35.0 Å². The molecule has 0 bridgehead atoms. The van der Waals surface area contributed by atoms with E-state index in [0.717, 1.165) is 11.1 Å². The SMILES string of the molecule is Cc1ccc(F)c(CC(=O)Cc2ccc(Oc3ccnc(-c4cc(C(=O)NCCc5nn[nH]n5)c[nH]4)c3)cc2)c1. The van der Waals surface area contributed by atoms with Crippen LogP contribution in [0.2, 0.25) is 0 Å². The molecule has 0 saturated carbocycles. The van der Waals surface area contributed by atoms with Gasteiger partial charge in [-0.25, -0.2) is 4.39 Å². The second-order valence-corrected chi connectivity index (χ2v) is 9.25. The molecule has 3 heterocycles. The second-order valence-electron chi connectivity index (χ2n) is 9.25. The Morgan fingerprint density at radius 3 is 2.65 bits per heavy atom. The third-order valence-electron chi connectivity index (χ3n) is 6.13. The van der Waals surface area contributed by atoms with Gasteiger partial charge in [0.1, 0.15) is 23.1 Å². The molecule has 5 rings (SSSR count). The van der Waals surface area contributed by atoms with Crippen molar-refractivity contribution in [1.29, 1.82) is 0 Å². The molecule has 40 heavy (non-hydrogen) atoms. The number of hydrogen-bond donors (Lipinski definition) is 3. The van der Waals surface area contributed by atoms with Gasteiger partial charge in [-0.2, -0.15) is 5.21 Å². The average molecular weight is 540 g/mol. The van der Waals surface area contributed by atoms with Crippen molar-refractivity contribution in [2.45, 2.75) is 26.2 Å². The van der Waals surface area contributed by atoms with Crippen LogP contribution in [-0.4, -0.2) is 48.8 Å². The highest BCUT2D eigenvalue weighted by Crippen LogP contribution is 2.26. The molecule has 0 spiro atoms. The number of aromatic nitrogens is 6. The van der Waals surface area contributed by atoms with Crippen LogP contribution in [0.3, 0.4) is 0 Å². The Labute approximate surface area is 229 Å². The van der Waals surface area contributed by atoms with Crippen molar-refractivity contribution in [3.05, 3.63) is 107 Å². The Balaban J connectivity index is 1.16. The molecule has 0 atom stereocenters. The fourth-order valence-corrected chi connectivity index (χ4v) is 4.13. The normalized spacial score (nSPS) is 10.8. The molecule has 1 amide bonds. The number of carbonyl (C=O) groups excluding carboxylic acids is 2. The number of hydrogen-bond acceptors (Lipinski definition) is 7. The molecule has 2 aromatic carbocycles. The Morgan fingerprint density at radius 2 is 1.85 bits per heavy atom. The van der Waals surface area contributed by atoms with Crippen LogP contribution in [0.15, 0.2) is 73.1 Å². The van der Waals surface area contributed by atoms with Crippen molar-refractivity contribution in [3.8, 4) is 22.9 Å². The summed E-state index contributed by atoms with van der Waals surface area (Å²) in [5, 5.41) is 16.4. The summed E-state index contributed by atoms with van der Waals surface area (Å²) >= 11 is 0. The van der Waals surface area contributed by atoms with Gasteiger partial charge in [0.2, 0.25) is 0 Å². The first-order chi connectivity index (χ1) is 19.4. The fourth-order valence-electron chi connectivity index (χ4n) is 4.13. The van der Waals surface area contributed by atoms with E-state index in [-0.39, 0.29) is 30.3 Å². The molecule has 11 heteroatoms. The molecule has 10 nitrogen and oxygen atoms in total. The molecule has 0 aliphatic heterocycles. The summed E-state index contributed by atoms with van der Waals surface area (Å²) in [6, 6.07) is 17.2. The number of rotatable bonds is 11. The Kier molecular flexibility index (Phi) is 8.00. The van der Waals surface area contributed by atoms with Gasteiger partial charge in [-0.15, -0.1) is 10.2 Å². The van der Waals surface area contributed by atoms with Crippen LogP contribution in [0.5, 0.6) is 11.5 Å². The molecule has 0 saturated heterocycles. The number of pyridine rings is 1. The van der Waals surface area contributed by atoms with Gasteiger partial charge in [0, 0.05) is 44.3 Å². The van der Waals surface area contributed by atoms with E-state index in [1.165, 1.54) is 6.07 Å². The van der Waals surface area contributed by atoms with E-state index >= 15 is 0 Å². The maximum Gasteiger partial charge on any atom is 0.252 e. The number of nitrogens with one attached hydrogen (secondary N) is 3. The van der Waals surface area contributed by atoms with Crippen LogP contribution in [0.1, 0.15) is 32.9 Å². The van der Waals surface area contributed by atoms with E-state index in [2.05, 4.69) is 35.9 Å². The van der Waals surface area contributed by atoms with Gasteiger partial charge < -0.3 is 15.0 Å². The predicted molar refractivity (Wildman–Crippen MR) is 144 cm³/mol. The monoisotopic (exact) mass is 539 g/mol. The molecule has 5 aromatic rings. The summed E-state index contributed by atoms with van der Waals surface area (Å²) in [6.45, 7) is 2.24. The van der Waals surface area contributed by atoms with Crippen molar-refractivity contribution in [2.75, 3.05) is 6.54 Å². The average Bonchev–Trinajstić information content (AvgIpc) is 3.65. The number of nitrogens with zero attached hydrogens (tertiary/aromatic N) is 4. The van der Waals surface area contributed by atoms with Crippen molar-refractivity contribution in [3.63, 3.8) is 0 Å². The zero-order chi connectivity index (χ0) is 27.9. The molecular weight excluding hydrogens is 513 g/mol. The van der Waals surface area contributed by atoms with Gasteiger partial charge in [0.05, 0.1) is 17.0 Å². The summed E-state index contributed by atoms with van der Waals surface area (Å²) in [5.74, 6) is 1.00. The van der Waals surface area contributed by atoms with Crippen LogP contribution in [-0.2, 0) is 24.1 Å². The van der Waals surface area contributed by atoms with E-state index in [1.807, 2.05) is 19.1 Å². The third-order valence-corrected chi connectivity index (χ3v) is 6.13. The fraction of sp³-hybridized carbons (Fsp3) is 0.172. The first-order valence-corrected chi connectivity index (χ1v) is 12.6. The van der Waals surface area contributed by atoms with E-state index in [4.69, 9.17) is 4.74 Å². The molecule has 3 N–H and O–H groups in total. The van der Waals surface area contributed by atoms with Crippen molar-refractivity contribution in [2.24, 2.45) is 0 Å². The van der Waals surface area contributed by atoms with Crippen LogP contribution >= 0.6 is 0 Å². The number of halogens is 1. The maximum atomic E-state index is 14.0. The summed E-state index contributed by atoms with van der Waals surface area (Å²) in [7, 11) is 0. The van der Waals surface area contributed by atoms with E-state index in [9.17, 15) is 14.0 Å². The van der Waals surface area contributed by atoms with E-state index in [1.54, 1.807) is 54.9 Å². The van der Waals surface area contributed by atoms with Gasteiger partial charge in [0.25, 0.3) is 5.91 Å². The number of aryl methyl sites for hydroxylation is 1. The number of aromatic amines is 2. The summed E-state index contributed by atoms with van der Waals surface area (Å²) < 4.78 is 20.0. The standard InChI is InChI=1S/C29H26FN7O3/c1-18-2-7-25(30)20(12-18)14-22(38)13-19-3-5-23(6-4-19)40-24-8-10-31-27(16-24)26-15-21(17-33-26)29(39)32-11-9-28-34-36-37-35-28/h2-8,10,12,15-17,33H,9,11,13-14H2,1H3,(H,32,39)(H,34,35,36,37). The lowest BCUT2D eigenvalue weighted by Gasteiger charge is -2.08. The molecule has 0 aliphatic carbocycles. The quantitative estimate of drug-likeness (QED) is 0.229. The number of tetrazole rings is 1. The van der Waals surface area contributed by atoms with E-state index in [0.29, 0.717) is 52.8 Å². The third kappa shape index (κ3) is 6.81. The van der Waals surface area contributed by atoms with Gasteiger partial charge in [-0.3, -0.25) is 14.6 Å². The molecule has 202 valence electrons. The second kappa shape index (κ2) is 12.1. The minimum Gasteiger partial charge on any atom is -0.457 e. The predicted octanol–water partition coefficient (Wildman–Crippen LogP) is 4.16. The van der Waals surface area contributed by atoms with Gasteiger partial charge >= 0.3 is 0 Å². The summed E-state index contributed by atoms with van der Waals surface area (Å²) in [6.07, 6.45) is 3.95. The van der Waals surface area contributed by atoms with Gasteiger partial charge in [0.15, 0.2) is 5.82 Å². The lowest BCUT2D eigenvalue weighted by Crippen LogP contribution is -2.25. The molecule has 0 fully saturated rings. The molecule has 0 unspecified atom stereocenters. The largest absolute Gasteiger partial charge is 0.457 e. The minimum absolute atomic E-state index is 0.0495. The highest BCUT2D eigenvalue weighted by molar-refractivity contribution is 5.95. The lowest BCUT2D eigenvalue weighted by atomic mass is 10.0. The number of carbonyl (C=O) groups is 2. The molecule has 3 aromatic heterocycles. The number of benzene rings is 2.